The fraction of sp³-hybridized carbons (Fsp3) is 0.417. The van der Waals surface area contributed by atoms with E-state index in [1.165, 1.54) is 17.5 Å². The molecule has 1 atom stereocenters. The van der Waals surface area contributed by atoms with Crippen molar-refractivity contribution < 1.29 is 14.3 Å². The van der Waals surface area contributed by atoms with Crippen LogP contribution in [0.3, 0.4) is 0 Å². The quantitative estimate of drug-likeness (QED) is 0.789. The van der Waals surface area contributed by atoms with Gasteiger partial charge in [0.15, 0.2) is 0 Å². The third-order valence-electron chi connectivity index (χ3n) is 6.46. The topological polar surface area (TPSA) is 61.9 Å². The maximum absolute atomic E-state index is 13.1. The van der Waals surface area contributed by atoms with Gasteiger partial charge in [-0.1, -0.05) is 17.7 Å². The van der Waals surface area contributed by atoms with Crippen LogP contribution in [0, 0.1) is 5.92 Å². The zero-order valence-electron chi connectivity index (χ0n) is 17.4. The second kappa shape index (κ2) is 8.52. The molecule has 2 amide bonds. The summed E-state index contributed by atoms with van der Waals surface area (Å²) in [6.45, 7) is 3.24. The van der Waals surface area contributed by atoms with Gasteiger partial charge in [-0.05, 0) is 60.7 Å². The molecule has 0 spiro atoms. The van der Waals surface area contributed by atoms with E-state index in [1.807, 2.05) is 18.2 Å². The molecule has 0 bridgehead atoms. The number of rotatable bonds is 4. The van der Waals surface area contributed by atoms with Crippen molar-refractivity contribution in [1.82, 2.24) is 0 Å². The maximum atomic E-state index is 13.1. The standard InChI is InChI=1S/C24H26ClN3O3/c25-19-5-7-22(27-8-10-31-11-9-27)21(14-19)26-24(30)18-13-23(29)28(15-18)20-6-4-16-2-1-3-17(16)12-20/h4-7,12,14,18H,1-3,8-11,13,15H2,(H,26,30). The summed E-state index contributed by atoms with van der Waals surface area (Å²) in [5.41, 5.74) is 5.22. The maximum Gasteiger partial charge on any atom is 0.229 e. The molecule has 31 heavy (non-hydrogen) atoms. The number of benzene rings is 2. The average Bonchev–Trinajstić information content (AvgIpc) is 3.40. The molecule has 2 saturated heterocycles. The predicted octanol–water partition coefficient (Wildman–Crippen LogP) is 3.66. The van der Waals surface area contributed by atoms with Gasteiger partial charge in [0.2, 0.25) is 11.8 Å². The number of carbonyl (C=O) groups is 2. The number of hydrogen-bond donors (Lipinski definition) is 1. The lowest BCUT2D eigenvalue weighted by Gasteiger charge is -2.30. The monoisotopic (exact) mass is 439 g/mol. The molecule has 3 aliphatic rings. The van der Waals surface area contributed by atoms with Gasteiger partial charge in [-0.2, -0.15) is 0 Å². The Labute approximate surface area is 187 Å². The minimum absolute atomic E-state index is 0.00223. The molecule has 6 nitrogen and oxygen atoms in total. The molecule has 5 rings (SSSR count). The molecular formula is C24H26ClN3O3. The SMILES string of the molecule is O=C(Nc1cc(Cl)ccc1N1CCOCC1)C1CC(=O)N(c2ccc3c(c2)CCC3)C1. The lowest BCUT2D eigenvalue weighted by atomic mass is 10.1. The molecule has 2 aromatic rings. The van der Waals surface area contributed by atoms with Crippen LogP contribution in [0.4, 0.5) is 17.1 Å². The van der Waals surface area contributed by atoms with E-state index in [0.717, 1.165) is 37.3 Å². The van der Waals surface area contributed by atoms with Crippen molar-refractivity contribution >= 4 is 40.5 Å². The summed E-state index contributed by atoms with van der Waals surface area (Å²) in [6.07, 6.45) is 3.56. The molecule has 0 radical (unpaired) electrons. The molecule has 2 aromatic carbocycles. The van der Waals surface area contributed by atoms with Gasteiger partial charge < -0.3 is 19.9 Å². The first-order chi connectivity index (χ1) is 15.1. The van der Waals surface area contributed by atoms with E-state index in [1.54, 1.807) is 11.0 Å². The Morgan fingerprint density at radius 2 is 1.87 bits per heavy atom. The molecule has 0 aromatic heterocycles. The van der Waals surface area contributed by atoms with E-state index in [-0.39, 0.29) is 18.2 Å². The van der Waals surface area contributed by atoms with Crippen LogP contribution in [-0.4, -0.2) is 44.7 Å². The fourth-order valence-corrected chi connectivity index (χ4v) is 4.95. The van der Waals surface area contributed by atoms with Gasteiger partial charge in [0, 0.05) is 36.8 Å². The van der Waals surface area contributed by atoms with Gasteiger partial charge in [0.25, 0.3) is 0 Å². The molecule has 162 valence electrons. The largest absolute Gasteiger partial charge is 0.378 e. The van der Waals surface area contributed by atoms with Crippen LogP contribution in [-0.2, 0) is 27.2 Å². The van der Waals surface area contributed by atoms with Gasteiger partial charge in [-0.3, -0.25) is 9.59 Å². The number of aryl methyl sites for hydroxylation is 2. The number of halogens is 1. The molecular weight excluding hydrogens is 414 g/mol. The summed E-state index contributed by atoms with van der Waals surface area (Å²) in [7, 11) is 0. The molecule has 2 aliphatic heterocycles. The van der Waals surface area contributed by atoms with Crippen LogP contribution in [0.25, 0.3) is 0 Å². The first-order valence-corrected chi connectivity index (χ1v) is 11.3. The van der Waals surface area contributed by atoms with E-state index >= 15 is 0 Å². The fourth-order valence-electron chi connectivity index (χ4n) is 4.78. The number of nitrogens with zero attached hydrogens (tertiary/aromatic N) is 2. The van der Waals surface area contributed by atoms with Crippen LogP contribution in [0.1, 0.15) is 24.0 Å². The minimum Gasteiger partial charge on any atom is -0.378 e. The van der Waals surface area contributed by atoms with Gasteiger partial charge in [-0.15, -0.1) is 0 Å². The first kappa shape index (κ1) is 20.3. The van der Waals surface area contributed by atoms with Crippen molar-refractivity contribution in [3.05, 3.63) is 52.5 Å². The van der Waals surface area contributed by atoms with Crippen molar-refractivity contribution in [3.63, 3.8) is 0 Å². The summed E-state index contributed by atoms with van der Waals surface area (Å²) >= 11 is 6.21. The number of anilines is 3. The van der Waals surface area contributed by atoms with Crippen LogP contribution < -0.4 is 15.1 Å². The van der Waals surface area contributed by atoms with Crippen LogP contribution in [0.5, 0.6) is 0 Å². The van der Waals surface area contributed by atoms with E-state index in [9.17, 15) is 9.59 Å². The van der Waals surface area contributed by atoms with Crippen molar-refractivity contribution in [2.45, 2.75) is 25.7 Å². The predicted molar refractivity (Wildman–Crippen MR) is 122 cm³/mol. The number of nitrogens with one attached hydrogen (secondary N) is 1. The Balaban J connectivity index is 1.31. The van der Waals surface area contributed by atoms with Crippen LogP contribution >= 0.6 is 11.6 Å². The second-order valence-corrected chi connectivity index (χ2v) is 8.90. The third kappa shape index (κ3) is 4.14. The van der Waals surface area contributed by atoms with Crippen LogP contribution in [0.15, 0.2) is 36.4 Å². The number of fused-ring (bicyclic) bond motifs is 1. The molecule has 1 N–H and O–H groups in total. The first-order valence-electron chi connectivity index (χ1n) is 10.9. The van der Waals surface area contributed by atoms with Crippen molar-refractivity contribution in [2.24, 2.45) is 5.92 Å². The Hall–Kier alpha value is -2.57. The summed E-state index contributed by atoms with van der Waals surface area (Å²) < 4.78 is 5.44. The number of carbonyl (C=O) groups excluding carboxylic acids is 2. The van der Waals surface area contributed by atoms with Crippen molar-refractivity contribution in [1.29, 1.82) is 0 Å². The lowest BCUT2D eigenvalue weighted by molar-refractivity contribution is -0.122. The second-order valence-electron chi connectivity index (χ2n) is 8.46. The number of hydrogen-bond acceptors (Lipinski definition) is 4. The normalized spacial score (nSPS) is 20.8. The van der Waals surface area contributed by atoms with E-state index in [2.05, 4.69) is 22.3 Å². The van der Waals surface area contributed by atoms with Gasteiger partial charge in [-0.25, -0.2) is 0 Å². The zero-order valence-corrected chi connectivity index (χ0v) is 18.2. The van der Waals surface area contributed by atoms with Crippen molar-refractivity contribution in [3.8, 4) is 0 Å². The molecule has 2 fully saturated rings. The summed E-state index contributed by atoms with van der Waals surface area (Å²) in [5, 5.41) is 3.60. The van der Waals surface area contributed by atoms with E-state index in [4.69, 9.17) is 16.3 Å². The summed E-state index contributed by atoms with van der Waals surface area (Å²) in [5.74, 6) is -0.538. The molecule has 1 unspecified atom stereocenters. The Bertz CT molecular complexity index is 1020. The van der Waals surface area contributed by atoms with E-state index in [0.29, 0.717) is 30.5 Å². The highest BCUT2D eigenvalue weighted by atomic mass is 35.5. The number of morpholine rings is 1. The Kier molecular flexibility index (Phi) is 5.59. The summed E-state index contributed by atoms with van der Waals surface area (Å²) in [4.78, 5) is 29.7. The van der Waals surface area contributed by atoms with Gasteiger partial charge in [0.1, 0.15) is 0 Å². The Morgan fingerprint density at radius 1 is 1.06 bits per heavy atom. The third-order valence-corrected chi connectivity index (χ3v) is 6.69. The lowest BCUT2D eigenvalue weighted by Crippen LogP contribution is -2.37. The zero-order chi connectivity index (χ0) is 21.4. The molecule has 1 aliphatic carbocycles. The van der Waals surface area contributed by atoms with Crippen LogP contribution in [0.2, 0.25) is 5.02 Å². The smallest absolute Gasteiger partial charge is 0.229 e. The highest BCUT2D eigenvalue weighted by Crippen LogP contribution is 2.33. The Morgan fingerprint density at radius 3 is 2.71 bits per heavy atom. The summed E-state index contributed by atoms with van der Waals surface area (Å²) in [6, 6.07) is 11.8. The molecule has 7 heteroatoms. The van der Waals surface area contributed by atoms with E-state index < -0.39 is 5.92 Å². The molecule has 2 heterocycles. The highest BCUT2D eigenvalue weighted by Gasteiger charge is 2.36. The van der Waals surface area contributed by atoms with Crippen molar-refractivity contribution in [2.75, 3.05) is 48.0 Å². The average molecular weight is 440 g/mol. The number of amides is 2. The highest BCUT2D eigenvalue weighted by molar-refractivity contribution is 6.31. The van der Waals surface area contributed by atoms with Gasteiger partial charge in [0.05, 0.1) is 30.5 Å². The number of ether oxygens (including phenoxy) is 1. The van der Waals surface area contributed by atoms with Gasteiger partial charge >= 0.3 is 0 Å². The molecule has 0 saturated carbocycles. The minimum atomic E-state index is -0.391.